The van der Waals surface area contributed by atoms with Gasteiger partial charge in [0.05, 0.1) is 50.2 Å². The highest BCUT2D eigenvalue weighted by Gasteiger charge is 2.24. The smallest absolute Gasteiger partial charge is 0.0620 e. The van der Waals surface area contributed by atoms with Gasteiger partial charge in [-0.3, -0.25) is 0 Å². The number of para-hydroxylation sites is 9. The van der Waals surface area contributed by atoms with Crippen LogP contribution >= 0.6 is 0 Å². The van der Waals surface area contributed by atoms with Crippen molar-refractivity contribution in [1.29, 1.82) is 0 Å². The lowest BCUT2D eigenvalue weighted by Crippen LogP contribution is -2.05. The average Bonchev–Trinajstić information content (AvgIpc) is 3.92. The van der Waals surface area contributed by atoms with E-state index in [1.165, 1.54) is 65.4 Å². The Hall–Kier alpha value is -7.62. The molecule has 0 radical (unpaired) electrons. The van der Waals surface area contributed by atoms with Crippen LogP contribution in [0.4, 0.5) is 0 Å². The largest absolute Gasteiger partial charge is 0.309 e. The van der Waals surface area contributed by atoms with E-state index in [9.17, 15) is 0 Å². The number of rotatable bonds is 5. The molecular formula is C54H35N3. The lowest BCUT2D eigenvalue weighted by Gasteiger charge is -2.23. The van der Waals surface area contributed by atoms with Gasteiger partial charge in [-0.2, -0.15) is 0 Å². The highest BCUT2D eigenvalue weighted by atomic mass is 15.0. The topological polar surface area (TPSA) is 14.8 Å². The van der Waals surface area contributed by atoms with Crippen LogP contribution in [0.15, 0.2) is 212 Å². The van der Waals surface area contributed by atoms with Crippen LogP contribution in [0.5, 0.6) is 0 Å². The van der Waals surface area contributed by atoms with Crippen molar-refractivity contribution < 1.29 is 0 Å². The predicted octanol–water partition coefficient (Wildman–Crippen LogP) is 14.3. The first kappa shape index (κ1) is 31.7. The standard InChI is InChI=1S/C54H35N3/c1-9-28-46-36(18-1)37-19-2-10-29-47(37)55(46)50-32-13-7-24-42(50)44-26-17-27-45(54(44)57-52-34-15-5-22-40(52)41-23-6-16-35-53(41)57)43-25-8-14-33-51(43)56-48-30-11-3-20-38(48)39-21-4-12-31-49(39)56/h1-35H. The molecule has 0 bridgehead atoms. The fraction of sp³-hybridized carbons (Fsp3) is 0. The minimum absolute atomic E-state index is 1.14. The summed E-state index contributed by atoms with van der Waals surface area (Å²) < 4.78 is 7.42. The first-order chi connectivity index (χ1) is 28.3. The van der Waals surface area contributed by atoms with Gasteiger partial charge in [0.15, 0.2) is 0 Å². The monoisotopic (exact) mass is 725 g/mol. The van der Waals surface area contributed by atoms with Crippen molar-refractivity contribution in [2.75, 3.05) is 0 Å². The normalized spacial score (nSPS) is 11.9. The first-order valence-electron chi connectivity index (χ1n) is 19.6. The maximum atomic E-state index is 2.51. The SMILES string of the molecule is c1ccc(-n2c3ccccc3c3ccccc32)c(-c2cccc(-c3ccccc3-n3c4ccccc4c4ccccc43)c2-n2c3ccccc3c3ccccc32)c1. The highest BCUT2D eigenvalue weighted by Crippen LogP contribution is 2.46. The van der Waals surface area contributed by atoms with E-state index in [0.717, 1.165) is 39.3 Å². The zero-order valence-electron chi connectivity index (χ0n) is 31.0. The summed E-state index contributed by atoms with van der Waals surface area (Å²) in [6.45, 7) is 0. The Morgan fingerprint density at radius 3 is 0.772 bits per heavy atom. The molecule has 3 heteroatoms. The van der Waals surface area contributed by atoms with Crippen LogP contribution in [0.25, 0.3) is 105 Å². The number of hydrogen-bond donors (Lipinski definition) is 0. The van der Waals surface area contributed by atoms with Gasteiger partial charge in [0.2, 0.25) is 0 Å². The lowest BCUT2D eigenvalue weighted by atomic mass is 9.93. The van der Waals surface area contributed by atoms with Gasteiger partial charge >= 0.3 is 0 Å². The average molecular weight is 726 g/mol. The molecule has 57 heavy (non-hydrogen) atoms. The molecule has 0 amide bonds. The van der Waals surface area contributed by atoms with E-state index >= 15 is 0 Å². The molecular weight excluding hydrogens is 691 g/mol. The fourth-order valence-corrected chi connectivity index (χ4v) is 9.54. The minimum atomic E-state index is 1.14. The van der Waals surface area contributed by atoms with Crippen LogP contribution in [0.3, 0.4) is 0 Å². The Balaban J connectivity index is 1.23. The number of fused-ring (bicyclic) bond motifs is 9. The van der Waals surface area contributed by atoms with Crippen molar-refractivity contribution in [2.24, 2.45) is 0 Å². The fourth-order valence-electron chi connectivity index (χ4n) is 9.54. The summed E-state index contributed by atoms with van der Waals surface area (Å²) in [6, 6.07) is 77.6. The molecule has 3 aromatic heterocycles. The van der Waals surface area contributed by atoms with Crippen LogP contribution in [0.1, 0.15) is 0 Å². The third kappa shape index (κ3) is 4.60. The molecule has 0 aliphatic carbocycles. The van der Waals surface area contributed by atoms with E-state index in [4.69, 9.17) is 0 Å². The molecule has 0 spiro atoms. The second-order valence-corrected chi connectivity index (χ2v) is 14.8. The Morgan fingerprint density at radius 2 is 0.439 bits per heavy atom. The van der Waals surface area contributed by atoms with Gasteiger partial charge in [0.1, 0.15) is 0 Å². The molecule has 0 saturated carbocycles. The maximum Gasteiger partial charge on any atom is 0.0620 e. The molecule has 3 heterocycles. The second-order valence-electron chi connectivity index (χ2n) is 14.8. The molecule has 0 unspecified atom stereocenters. The Morgan fingerprint density at radius 1 is 0.193 bits per heavy atom. The van der Waals surface area contributed by atoms with Gasteiger partial charge in [-0.1, -0.05) is 164 Å². The zero-order chi connectivity index (χ0) is 37.5. The zero-order valence-corrected chi connectivity index (χ0v) is 31.0. The molecule has 12 aromatic rings. The molecule has 0 N–H and O–H groups in total. The summed E-state index contributed by atoms with van der Waals surface area (Å²) in [5.74, 6) is 0. The van der Waals surface area contributed by atoms with Crippen LogP contribution in [-0.4, -0.2) is 13.7 Å². The summed E-state index contributed by atoms with van der Waals surface area (Å²) in [5, 5.41) is 7.47. The molecule has 12 rings (SSSR count). The van der Waals surface area contributed by atoms with E-state index in [-0.39, 0.29) is 0 Å². The first-order valence-corrected chi connectivity index (χ1v) is 19.6. The minimum Gasteiger partial charge on any atom is -0.309 e. The third-order valence-corrected chi connectivity index (χ3v) is 11.9. The van der Waals surface area contributed by atoms with E-state index in [2.05, 4.69) is 226 Å². The number of aromatic nitrogens is 3. The van der Waals surface area contributed by atoms with Gasteiger partial charge in [-0.15, -0.1) is 0 Å². The number of benzene rings is 9. The quantitative estimate of drug-likeness (QED) is 0.168. The molecule has 0 aliphatic heterocycles. The summed E-state index contributed by atoms with van der Waals surface area (Å²) in [5.41, 5.74) is 15.2. The van der Waals surface area contributed by atoms with Crippen molar-refractivity contribution in [3.63, 3.8) is 0 Å². The van der Waals surface area contributed by atoms with Crippen molar-refractivity contribution in [1.82, 2.24) is 13.7 Å². The van der Waals surface area contributed by atoms with Crippen LogP contribution in [0, 0.1) is 0 Å². The van der Waals surface area contributed by atoms with Crippen molar-refractivity contribution in [3.05, 3.63) is 212 Å². The molecule has 0 fully saturated rings. The van der Waals surface area contributed by atoms with E-state index in [1.807, 2.05) is 0 Å². The predicted molar refractivity (Wildman–Crippen MR) is 240 cm³/mol. The van der Waals surface area contributed by atoms with Gasteiger partial charge < -0.3 is 13.7 Å². The van der Waals surface area contributed by atoms with Crippen LogP contribution in [-0.2, 0) is 0 Å². The Kier molecular flexibility index (Phi) is 6.93. The molecule has 0 saturated heterocycles. The van der Waals surface area contributed by atoms with E-state index < -0.39 is 0 Å². The van der Waals surface area contributed by atoms with Gasteiger partial charge in [0, 0.05) is 54.6 Å². The van der Waals surface area contributed by atoms with Crippen LogP contribution in [0.2, 0.25) is 0 Å². The van der Waals surface area contributed by atoms with Crippen molar-refractivity contribution >= 4 is 65.4 Å². The summed E-state index contributed by atoms with van der Waals surface area (Å²) in [4.78, 5) is 0. The second kappa shape index (κ2) is 12.5. The van der Waals surface area contributed by atoms with Crippen molar-refractivity contribution in [3.8, 4) is 39.3 Å². The molecule has 9 aromatic carbocycles. The van der Waals surface area contributed by atoms with E-state index in [0.29, 0.717) is 0 Å². The van der Waals surface area contributed by atoms with Crippen LogP contribution < -0.4 is 0 Å². The Labute approximate surface area is 329 Å². The molecule has 266 valence electrons. The van der Waals surface area contributed by atoms with Crippen molar-refractivity contribution in [2.45, 2.75) is 0 Å². The Bertz CT molecular complexity index is 3200. The molecule has 0 atom stereocenters. The summed E-state index contributed by atoms with van der Waals surface area (Å²) in [6.07, 6.45) is 0. The molecule has 0 aliphatic rings. The summed E-state index contributed by atoms with van der Waals surface area (Å²) in [7, 11) is 0. The van der Waals surface area contributed by atoms with Gasteiger partial charge in [0.25, 0.3) is 0 Å². The van der Waals surface area contributed by atoms with E-state index in [1.54, 1.807) is 0 Å². The maximum absolute atomic E-state index is 2.51. The van der Waals surface area contributed by atoms with Gasteiger partial charge in [-0.05, 0) is 48.5 Å². The van der Waals surface area contributed by atoms with Gasteiger partial charge in [-0.25, -0.2) is 0 Å². The summed E-state index contributed by atoms with van der Waals surface area (Å²) >= 11 is 0. The highest BCUT2D eigenvalue weighted by molar-refractivity contribution is 6.13. The number of nitrogens with zero attached hydrogens (tertiary/aromatic N) is 3. The third-order valence-electron chi connectivity index (χ3n) is 11.9. The number of hydrogen-bond acceptors (Lipinski definition) is 0. The lowest BCUT2D eigenvalue weighted by molar-refractivity contribution is 1.15. The molecule has 3 nitrogen and oxygen atoms in total.